The van der Waals surface area contributed by atoms with Crippen molar-refractivity contribution in [1.82, 2.24) is 0 Å². The largest absolute Gasteiger partial charge is 0.312 e. The van der Waals surface area contributed by atoms with E-state index < -0.39 is 10.0 Å². The minimum atomic E-state index is -3.54. The lowest BCUT2D eigenvalue weighted by atomic mass is 10.1. The zero-order valence-corrected chi connectivity index (χ0v) is 13.4. The molecule has 1 atom stereocenters. The number of nitrogens with zero attached hydrogens (tertiary/aromatic N) is 1. The number of carbonyl (C=O) groups excluding carboxylic acids is 1. The molecule has 19 heavy (non-hydrogen) atoms. The van der Waals surface area contributed by atoms with Gasteiger partial charge in [-0.05, 0) is 47.2 Å². The molecule has 2 rings (SSSR count). The van der Waals surface area contributed by atoms with Crippen LogP contribution in [0.2, 0.25) is 0 Å². The molecule has 0 spiro atoms. The number of benzene rings is 1. The molecular weight excluding hydrogens is 379 g/mol. The van der Waals surface area contributed by atoms with Gasteiger partial charge in [0.25, 0.3) is 0 Å². The van der Waals surface area contributed by atoms with Crippen LogP contribution >= 0.6 is 22.6 Å². The van der Waals surface area contributed by atoms with E-state index in [-0.39, 0.29) is 24.0 Å². The number of hydrogen-bond donors (Lipinski definition) is 1. The van der Waals surface area contributed by atoms with E-state index >= 15 is 0 Å². The molecule has 1 aliphatic heterocycles. The number of anilines is 1. The van der Waals surface area contributed by atoms with Gasteiger partial charge in [-0.2, -0.15) is 0 Å². The van der Waals surface area contributed by atoms with E-state index in [0.717, 1.165) is 14.8 Å². The molecule has 1 unspecified atom stereocenters. The SMILES string of the molecule is Cc1c(I)cccc1N1CC(CS(N)(=O)=O)CC1=O. The molecular formula is C12H15IN2O3S. The number of nitrogens with two attached hydrogens (primary N) is 1. The summed E-state index contributed by atoms with van der Waals surface area (Å²) in [5.74, 6) is -0.406. The van der Waals surface area contributed by atoms with Gasteiger partial charge in [0, 0.05) is 28.1 Å². The van der Waals surface area contributed by atoms with Crippen LogP contribution in [0.5, 0.6) is 0 Å². The van der Waals surface area contributed by atoms with Gasteiger partial charge in [0.1, 0.15) is 0 Å². The Balaban J connectivity index is 2.23. The topological polar surface area (TPSA) is 80.5 Å². The van der Waals surface area contributed by atoms with Crippen molar-refractivity contribution < 1.29 is 13.2 Å². The van der Waals surface area contributed by atoms with Gasteiger partial charge >= 0.3 is 0 Å². The smallest absolute Gasteiger partial charge is 0.227 e. The molecule has 1 saturated heterocycles. The fraction of sp³-hybridized carbons (Fsp3) is 0.417. The predicted octanol–water partition coefficient (Wildman–Crippen LogP) is 1.24. The summed E-state index contributed by atoms with van der Waals surface area (Å²) in [6, 6.07) is 5.75. The van der Waals surface area contributed by atoms with E-state index in [2.05, 4.69) is 22.6 Å². The average molecular weight is 394 g/mol. The van der Waals surface area contributed by atoms with Gasteiger partial charge in [0.2, 0.25) is 15.9 Å². The summed E-state index contributed by atoms with van der Waals surface area (Å²) in [4.78, 5) is 13.7. The van der Waals surface area contributed by atoms with Crippen molar-refractivity contribution in [3.8, 4) is 0 Å². The maximum Gasteiger partial charge on any atom is 0.227 e. The Bertz CT molecular complexity index is 615. The Morgan fingerprint density at radius 3 is 2.79 bits per heavy atom. The summed E-state index contributed by atoms with van der Waals surface area (Å²) < 4.78 is 23.3. The van der Waals surface area contributed by atoms with Crippen LogP contribution in [-0.2, 0) is 14.8 Å². The summed E-state index contributed by atoms with van der Waals surface area (Å²) in [7, 11) is -3.54. The Labute approximate surface area is 126 Å². The molecule has 1 heterocycles. The van der Waals surface area contributed by atoms with Crippen LogP contribution in [0.15, 0.2) is 18.2 Å². The van der Waals surface area contributed by atoms with Crippen molar-refractivity contribution in [2.45, 2.75) is 13.3 Å². The number of hydrogen-bond acceptors (Lipinski definition) is 3. The normalized spacial score (nSPS) is 20.1. The van der Waals surface area contributed by atoms with Crippen LogP contribution in [0.3, 0.4) is 0 Å². The number of sulfonamides is 1. The molecule has 1 amide bonds. The number of primary sulfonamides is 1. The van der Waals surface area contributed by atoms with Crippen molar-refractivity contribution in [1.29, 1.82) is 0 Å². The lowest BCUT2D eigenvalue weighted by molar-refractivity contribution is -0.117. The van der Waals surface area contributed by atoms with Crippen molar-refractivity contribution in [2.24, 2.45) is 11.1 Å². The molecule has 0 aliphatic carbocycles. The first kappa shape index (κ1) is 14.7. The average Bonchev–Trinajstić information content (AvgIpc) is 2.61. The van der Waals surface area contributed by atoms with Crippen molar-refractivity contribution >= 4 is 44.2 Å². The quantitative estimate of drug-likeness (QED) is 0.784. The van der Waals surface area contributed by atoms with E-state index in [1.807, 2.05) is 25.1 Å². The zero-order valence-electron chi connectivity index (χ0n) is 10.5. The van der Waals surface area contributed by atoms with Crippen molar-refractivity contribution in [3.05, 3.63) is 27.3 Å². The molecule has 1 aliphatic rings. The number of amides is 1. The fourth-order valence-corrected chi connectivity index (χ4v) is 3.71. The Hall–Kier alpha value is -0.670. The first-order valence-corrected chi connectivity index (χ1v) is 8.63. The second-order valence-corrected chi connectivity index (χ2v) is 7.61. The molecule has 0 aromatic heterocycles. The van der Waals surface area contributed by atoms with Gasteiger partial charge in [-0.25, -0.2) is 13.6 Å². The van der Waals surface area contributed by atoms with E-state index in [1.165, 1.54) is 0 Å². The Morgan fingerprint density at radius 2 is 2.16 bits per heavy atom. The van der Waals surface area contributed by atoms with Crippen molar-refractivity contribution in [3.63, 3.8) is 0 Å². The third-order valence-electron chi connectivity index (χ3n) is 3.20. The molecule has 1 aromatic carbocycles. The minimum Gasteiger partial charge on any atom is -0.312 e. The van der Waals surface area contributed by atoms with Gasteiger partial charge in [-0.15, -0.1) is 0 Å². The van der Waals surface area contributed by atoms with Gasteiger partial charge in [0.15, 0.2) is 0 Å². The highest BCUT2D eigenvalue weighted by Crippen LogP contribution is 2.30. The summed E-state index contributed by atoms with van der Waals surface area (Å²) in [6.07, 6.45) is 0.237. The maximum atomic E-state index is 12.0. The molecule has 1 aromatic rings. The first-order chi connectivity index (χ1) is 8.78. The molecule has 104 valence electrons. The molecule has 0 radical (unpaired) electrons. The molecule has 0 bridgehead atoms. The highest BCUT2D eigenvalue weighted by atomic mass is 127. The molecule has 1 fully saturated rings. The van der Waals surface area contributed by atoms with Gasteiger partial charge < -0.3 is 4.90 Å². The Kier molecular flexibility index (Phi) is 4.17. The minimum absolute atomic E-state index is 0.0428. The molecule has 0 saturated carbocycles. The molecule has 5 nitrogen and oxygen atoms in total. The summed E-state index contributed by atoms with van der Waals surface area (Å²) in [6.45, 7) is 2.37. The molecule has 7 heteroatoms. The van der Waals surface area contributed by atoms with E-state index in [9.17, 15) is 13.2 Å². The zero-order chi connectivity index (χ0) is 14.2. The van der Waals surface area contributed by atoms with Crippen LogP contribution in [0.1, 0.15) is 12.0 Å². The lowest BCUT2D eigenvalue weighted by Crippen LogP contribution is -2.28. The van der Waals surface area contributed by atoms with Crippen LogP contribution in [0, 0.1) is 16.4 Å². The van der Waals surface area contributed by atoms with Crippen LogP contribution in [-0.4, -0.2) is 26.6 Å². The van der Waals surface area contributed by atoms with E-state index in [1.54, 1.807) is 4.90 Å². The number of rotatable bonds is 3. The maximum absolute atomic E-state index is 12.0. The summed E-state index contributed by atoms with van der Waals surface area (Å²) in [5, 5.41) is 5.04. The lowest BCUT2D eigenvalue weighted by Gasteiger charge is -2.19. The van der Waals surface area contributed by atoms with E-state index in [0.29, 0.717) is 6.54 Å². The van der Waals surface area contributed by atoms with E-state index in [4.69, 9.17) is 5.14 Å². The second kappa shape index (κ2) is 5.37. The highest BCUT2D eigenvalue weighted by Gasteiger charge is 2.33. The number of carbonyl (C=O) groups is 1. The van der Waals surface area contributed by atoms with Gasteiger partial charge in [0.05, 0.1) is 5.75 Å². The second-order valence-electron chi connectivity index (χ2n) is 4.79. The first-order valence-electron chi connectivity index (χ1n) is 5.84. The Morgan fingerprint density at radius 1 is 1.47 bits per heavy atom. The number of halogens is 1. The summed E-state index contributed by atoms with van der Waals surface area (Å²) in [5.41, 5.74) is 1.89. The molecule has 2 N–H and O–H groups in total. The third kappa shape index (κ3) is 3.46. The van der Waals surface area contributed by atoms with Crippen LogP contribution in [0.25, 0.3) is 0 Å². The van der Waals surface area contributed by atoms with Crippen molar-refractivity contribution in [2.75, 3.05) is 17.2 Å². The monoisotopic (exact) mass is 394 g/mol. The summed E-state index contributed by atoms with van der Waals surface area (Å²) >= 11 is 2.22. The highest BCUT2D eigenvalue weighted by molar-refractivity contribution is 14.1. The fourth-order valence-electron chi connectivity index (χ4n) is 2.34. The van der Waals surface area contributed by atoms with Gasteiger partial charge in [-0.3, -0.25) is 4.79 Å². The third-order valence-corrected chi connectivity index (χ3v) is 5.31. The standard InChI is InChI=1S/C12H15IN2O3S/c1-8-10(13)3-2-4-11(8)15-6-9(5-12(15)16)7-19(14,17)18/h2-4,9H,5-7H2,1H3,(H2,14,17,18). The van der Waals surface area contributed by atoms with Crippen LogP contribution < -0.4 is 10.0 Å². The predicted molar refractivity (Wildman–Crippen MR) is 82.3 cm³/mol. The van der Waals surface area contributed by atoms with Crippen LogP contribution in [0.4, 0.5) is 5.69 Å². The van der Waals surface area contributed by atoms with Gasteiger partial charge in [-0.1, -0.05) is 6.07 Å².